The van der Waals surface area contributed by atoms with Gasteiger partial charge in [0.2, 0.25) is 0 Å². The van der Waals surface area contributed by atoms with Gasteiger partial charge in [0, 0.05) is 6.54 Å². The highest BCUT2D eigenvalue weighted by atomic mass is 35.5. The van der Waals surface area contributed by atoms with Crippen LogP contribution in [0, 0.1) is 25.2 Å². The minimum Gasteiger partial charge on any atom is -0.367 e. The highest BCUT2D eigenvalue weighted by Crippen LogP contribution is 2.43. The van der Waals surface area contributed by atoms with Crippen LogP contribution in [0.5, 0.6) is 0 Å². The monoisotopic (exact) mass is 295 g/mol. The number of nitrogens with zero attached hydrogens (tertiary/aromatic N) is 2. The SMILES string of the molecule is Cc1nc(Cl)c(NCC2(CC(C)C)CCCC2)nc1C. The maximum atomic E-state index is 6.20. The zero-order valence-corrected chi connectivity index (χ0v) is 13.8. The first kappa shape index (κ1) is 15.6. The summed E-state index contributed by atoms with van der Waals surface area (Å²) >= 11 is 6.20. The molecule has 1 aromatic heterocycles. The van der Waals surface area contributed by atoms with Gasteiger partial charge in [0.25, 0.3) is 0 Å². The van der Waals surface area contributed by atoms with Crippen LogP contribution in [0.15, 0.2) is 0 Å². The molecule has 0 spiro atoms. The Morgan fingerprint density at radius 1 is 1.15 bits per heavy atom. The van der Waals surface area contributed by atoms with Gasteiger partial charge in [0.1, 0.15) is 0 Å². The number of rotatable bonds is 5. The Kier molecular flexibility index (Phi) is 4.90. The molecule has 4 heteroatoms. The summed E-state index contributed by atoms with van der Waals surface area (Å²) in [7, 11) is 0. The van der Waals surface area contributed by atoms with E-state index >= 15 is 0 Å². The summed E-state index contributed by atoms with van der Waals surface area (Å²) in [5.41, 5.74) is 2.26. The van der Waals surface area contributed by atoms with Crippen molar-refractivity contribution >= 4 is 17.4 Å². The lowest BCUT2D eigenvalue weighted by Gasteiger charge is -2.31. The largest absolute Gasteiger partial charge is 0.367 e. The predicted molar refractivity (Wildman–Crippen MR) is 85.4 cm³/mol. The Morgan fingerprint density at radius 2 is 1.75 bits per heavy atom. The molecular weight excluding hydrogens is 270 g/mol. The Hall–Kier alpha value is -0.830. The molecule has 1 aliphatic carbocycles. The van der Waals surface area contributed by atoms with Gasteiger partial charge in [-0.15, -0.1) is 0 Å². The second-order valence-electron chi connectivity index (χ2n) is 6.69. The summed E-state index contributed by atoms with van der Waals surface area (Å²) < 4.78 is 0. The van der Waals surface area contributed by atoms with Gasteiger partial charge in [-0.3, -0.25) is 0 Å². The van der Waals surface area contributed by atoms with Gasteiger partial charge < -0.3 is 5.32 Å². The smallest absolute Gasteiger partial charge is 0.171 e. The molecule has 112 valence electrons. The fourth-order valence-electron chi connectivity index (χ4n) is 3.40. The highest BCUT2D eigenvalue weighted by molar-refractivity contribution is 6.31. The topological polar surface area (TPSA) is 37.8 Å². The van der Waals surface area contributed by atoms with Gasteiger partial charge >= 0.3 is 0 Å². The van der Waals surface area contributed by atoms with E-state index < -0.39 is 0 Å². The number of halogens is 1. The molecule has 20 heavy (non-hydrogen) atoms. The van der Waals surface area contributed by atoms with E-state index in [1.165, 1.54) is 32.1 Å². The number of hydrogen-bond acceptors (Lipinski definition) is 3. The van der Waals surface area contributed by atoms with Crippen LogP contribution in [0.25, 0.3) is 0 Å². The van der Waals surface area contributed by atoms with Crippen LogP contribution in [0.4, 0.5) is 5.82 Å². The fraction of sp³-hybridized carbons (Fsp3) is 0.750. The lowest BCUT2D eigenvalue weighted by molar-refractivity contribution is 0.252. The molecule has 0 atom stereocenters. The van der Waals surface area contributed by atoms with Gasteiger partial charge in [-0.25, -0.2) is 9.97 Å². The molecule has 0 aromatic carbocycles. The summed E-state index contributed by atoms with van der Waals surface area (Å²) in [6.07, 6.45) is 6.60. The molecule has 0 bridgehead atoms. The number of aromatic nitrogens is 2. The summed E-state index contributed by atoms with van der Waals surface area (Å²) in [6.45, 7) is 9.49. The molecule has 2 rings (SSSR count). The molecular formula is C16H26ClN3. The van der Waals surface area contributed by atoms with Crippen molar-refractivity contribution in [2.75, 3.05) is 11.9 Å². The van der Waals surface area contributed by atoms with Crippen LogP contribution >= 0.6 is 11.6 Å². The van der Waals surface area contributed by atoms with Crippen molar-refractivity contribution in [3.63, 3.8) is 0 Å². The van der Waals surface area contributed by atoms with E-state index in [2.05, 4.69) is 29.1 Å². The van der Waals surface area contributed by atoms with Gasteiger partial charge in [-0.1, -0.05) is 38.3 Å². The van der Waals surface area contributed by atoms with Crippen molar-refractivity contribution in [2.45, 2.75) is 59.8 Å². The zero-order chi connectivity index (χ0) is 14.8. The molecule has 0 radical (unpaired) electrons. The van der Waals surface area contributed by atoms with Gasteiger partial charge in [-0.2, -0.15) is 0 Å². The van der Waals surface area contributed by atoms with E-state index in [4.69, 9.17) is 11.6 Å². The molecule has 0 amide bonds. The molecule has 1 fully saturated rings. The third-order valence-electron chi connectivity index (χ3n) is 4.40. The third-order valence-corrected chi connectivity index (χ3v) is 4.66. The molecule has 1 N–H and O–H groups in total. The van der Waals surface area contributed by atoms with E-state index in [0.717, 1.165) is 29.7 Å². The molecule has 0 aliphatic heterocycles. The van der Waals surface area contributed by atoms with E-state index in [1.807, 2.05) is 13.8 Å². The quantitative estimate of drug-likeness (QED) is 0.850. The molecule has 0 unspecified atom stereocenters. The zero-order valence-electron chi connectivity index (χ0n) is 13.1. The first-order valence-corrected chi connectivity index (χ1v) is 8.04. The van der Waals surface area contributed by atoms with Crippen LogP contribution in [0.1, 0.15) is 57.3 Å². The van der Waals surface area contributed by atoms with E-state index in [-0.39, 0.29) is 0 Å². The maximum absolute atomic E-state index is 6.20. The summed E-state index contributed by atoms with van der Waals surface area (Å²) in [5, 5.41) is 3.96. The standard InChI is InChI=1S/C16H26ClN3/c1-11(2)9-16(7-5-6-8-16)10-18-15-14(17)19-12(3)13(4)20-15/h11H,5-10H2,1-4H3,(H,18,20). The fourth-order valence-corrected chi connectivity index (χ4v) is 3.64. The first-order chi connectivity index (χ1) is 9.42. The van der Waals surface area contributed by atoms with Gasteiger partial charge in [-0.05, 0) is 44.4 Å². The number of anilines is 1. The number of nitrogens with one attached hydrogen (secondary N) is 1. The average Bonchev–Trinajstić information content (AvgIpc) is 2.80. The van der Waals surface area contributed by atoms with Crippen LogP contribution in [-0.2, 0) is 0 Å². The number of hydrogen-bond donors (Lipinski definition) is 1. The van der Waals surface area contributed by atoms with Crippen LogP contribution in [0.3, 0.4) is 0 Å². The van der Waals surface area contributed by atoms with Crippen molar-refractivity contribution in [3.8, 4) is 0 Å². The van der Waals surface area contributed by atoms with Crippen molar-refractivity contribution < 1.29 is 0 Å². The van der Waals surface area contributed by atoms with Crippen molar-refractivity contribution in [3.05, 3.63) is 16.5 Å². The van der Waals surface area contributed by atoms with Crippen molar-refractivity contribution in [2.24, 2.45) is 11.3 Å². The minimum absolute atomic E-state index is 0.415. The Bertz CT molecular complexity index is 465. The summed E-state index contributed by atoms with van der Waals surface area (Å²) in [6, 6.07) is 0. The Balaban J connectivity index is 2.08. The molecule has 1 heterocycles. The second kappa shape index (κ2) is 6.30. The predicted octanol–water partition coefficient (Wildman–Crippen LogP) is 4.77. The van der Waals surface area contributed by atoms with Crippen LogP contribution < -0.4 is 5.32 Å². The van der Waals surface area contributed by atoms with Crippen molar-refractivity contribution in [1.82, 2.24) is 9.97 Å². The molecule has 3 nitrogen and oxygen atoms in total. The lowest BCUT2D eigenvalue weighted by Crippen LogP contribution is -2.29. The van der Waals surface area contributed by atoms with Gasteiger partial charge in [0.15, 0.2) is 11.0 Å². The van der Waals surface area contributed by atoms with Crippen LogP contribution in [0.2, 0.25) is 5.15 Å². The molecule has 1 saturated carbocycles. The van der Waals surface area contributed by atoms with Crippen molar-refractivity contribution in [1.29, 1.82) is 0 Å². The molecule has 0 saturated heterocycles. The number of aryl methyl sites for hydroxylation is 2. The molecule has 1 aliphatic rings. The molecule has 1 aromatic rings. The highest BCUT2D eigenvalue weighted by Gasteiger charge is 2.34. The normalized spacial score (nSPS) is 17.7. The third kappa shape index (κ3) is 3.63. The second-order valence-corrected chi connectivity index (χ2v) is 7.05. The lowest BCUT2D eigenvalue weighted by atomic mass is 9.78. The first-order valence-electron chi connectivity index (χ1n) is 7.66. The van der Waals surface area contributed by atoms with Gasteiger partial charge in [0.05, 0.1) is 11.4 Å². The average molecular weight is 296 g/mol. The van der Waals surface area contributed by atoms with Crippen LogP contribution in [-0.4, -0.2) is 16.5 Å². The maximum Gasteiger partial charge on any atom is 0.171 e. The minimum atomic E-state index is 0.415. The summed E-state index contributed by atoms with van der Waals surface area (Å²) in [5.74, 6) is 1.47. The van der Waals surface area contributed by atoms with E-state index in [1.54, 1.807) is 0 Å². The van der Waals surface area contributed by atoms with E-state index in [9.17, 15) is 0 Å². The Labute approximate surface area is 127 Å². The summed E-state index contributed by atoms with van der Waals surface area (Å²) in [4.78, 5) is 8.88. The Morgan fingerprint density at radius 3 is 2.35 bits per heavy atom. The van der Waals surface area contributed by atoms with E-state index in [0.29, 0.717) is 10.6 Å².